The summed E-state index contributed by atoms with van der Waals surface area (Å²) in [5, 5.41) is -0.416. The number of hydrazine groups is 1. The van der Waals surface area contributed by atoms with Gasteiger partial charge in [0.1, 0.15) is 11.0 Å². The number of halogens is 5. The lowest BCUT2D eigenvalue weighted by Crippen LogP contribution is -2.31. The van der Waals surface area contributed by atoms with Gasteiger partial charge in [0.25, 0.3) is 5.91 Å². The third-order valence-corrected chi connectivity index (χ3v) is 4.48. The SMILES string of the molecule is NNC(=O)c1ncc(Cl)cc1NS(=O)c1ccc(Cl)c(C(F)(F)F)c1. The predicted molar refractivity (Wildman–Crippen MR) is 87.4 cm³/mol. The Labute approximate surface area is 152 Å². The largest absolute Gasteiger partial charge is 0.417 e. The first-order valence-corrected chi connectivity index (χ1v) is 8.25. The minimum Gasteiger partial charge on any atom is -0.299 e. The van der Waals surface area contributed by atoms with Crippen LogP contribution in [0.15, 0.2) is 35.4 Å². The number of nitrogen functional groups attached to an aromatic ring is 1. The monoisotopic (exact) mass is 412 g/mol. The molecule has 134 valence electrons. The molecule has 1 aromatic carbocycles. The fourth-order valence-electron chi connectivity index (χ4n) is 1.76. The Hall–Kier alpha value is -1.88. The lowest BCUT2D eigenvalue weighted by Gasteiger charge is -2.13. The third kappa shape index (κ3) is 4.60. The van der Waals surface area contributed by atoms with Gasteiger partial charge >= 0.3 is 6.18 Å². The number of pyridine rings is 1. The number of carbonyl (C=O) groups is 1. The summed E-state index contributed by atoms with van der Waals surface area (Å²) < 4.78 is 53.4. The molecule has 6 nitrogen and oxygen atoms in total. The van der Waals surface area contributed by atoms with Gasteiger partial charge in [-0.05, 0) is 24.3 Å². The lowest BCUT2D eigenvalue weighted by molar-refractivity contribution is -0.137. The normalized spacial score (nSPS) is 12.6. The highest BCUT2D eigenvalue weighted by molar-refractivity contribution is 7.86. The van der Waals surface area contributed by atoms with Gasteiger partial charge in [-0.2, -0.15) is 13.2 Å². The summed E-state index contributed by atoms with van der Waals surface area (Å²) in [7, 11) is -2.15. The molecule has 12 heteroatoms. The standard InChI is InChI=1S/C13H9Cl2F3N4O2S/c14-6-3-10(11(20-5-6)12(23)21-19)22-25(24)7-1-2-9(15)8(4-7)13(16,17)18/h1-5,22H,19H2,(H,21,23). The predicted octanol–water partition coefficient (Wildman–Crippen LogP) is 3.15. The van der Waals surface area contributed by atoms with Gasteiger partial charge in [-0.1, -0.05) is 23.2 Å². The number of rotatable bonds is 4. The van der Waals surface area contributed by atoms with E-state index in [0.29, 0.717) is 6.07 Å². The van der Waals surface area contributed by atoms with E-state index in [4.69, 9.17) is 29.0 Å². The topological polar surface area (TPSA) is 97.1 Å². The van der Waals surface area contributed by atoms with E-state index in [1.54, 1.807) is 0 Å². The highest BCUT2D eigenvalue weighted by Crippen LogP contribution is 2.35. The van der Waals surface area contributed by atoms with Gasteiger partial charge in [0.15, 0.2) is 5.69 Å². The average Bonchev–Trinajstić information content (AvgIpc) is 2.53. The van der Waals surface area contributed by atoms with E-state index >= 15 is 0 Å². The molecule has 0 aliphatic heterocycles. The zero-order chi connectivity index (χ0) is 18.8. The third-order valence-electron chi connectivity index (χ3n) is 2.86. The first-order valence-electron chi connectivity index (χ1n) is 6.35. The van der Waals surface area contributed by atoms with Crippen LogP contribution in [-0.4, -0.2) is 15.1 Å². The number of carbonyl (C=O) groups excluding carboxylic acids is 1. The molecule has 1 heterocycles. The number of benzene rings is 1. The summed E-state index contributed by atoms with van der Waals surface area (Å²) in [5.41, 5.74) is 0.404. The number of alkyl halides is 3. The molecule has 4 N–H and O–H groups in total. The first-order chi connectivity index (χ1) is 11.6. The van der Waals surface area contributed by atoms with Crippen molar-refractivity contribution in [2.24, 2.45) is 5.84 Å². The molecule has 2 rings (SSSR count). The van der Waals surface area contributed by atoms with Crippen LogP contribution < -0.4 is 16.0 Å². The van der Waals surface area contributed by atoms with E-state index < -0.39 is 33.7 Å². The fraction of sp³-hybridized carbons (Fsp3) is 0.0769. The van der Waals surface area contributed by atoms with E-state index in [9.17, 15) is 22.2 Å². The summed E-state index contributed by atoms with van der Waals surface area (Å²) >= 11 is 11.3. The van der Waals surface area contributed by atoms with Crippen LogP contribution >= 0.6 is 23.2 Å². The molecule has 0 radical (unpaired) electrons. The molecule has 2 aromatic rings. The van der Waals surface area contributed by atoms with Crippen molar-refractivity contribution in [1.29, 1.82) is 0 Å². The van der Waals surface area contributed by atoms with Crippen molar-refractivity contribution >= 4 is 45.8 Å². The molecule has 0 saturated heterocycles. The van der Waals surface area contributed by atoms with Gasteiger partial charge in [-0.25, -0.2) is 15.0 Å². The highest BCUT2D eigenvalue weighted by atomic mass is 35.5. The Balaban J connectivity index is 2.38. The zero-order valence-corrected chi connectivity index (χ0v) is 14.4. The van der Waals surface area contributed by atoms with E-state index in [1.165, 1.54) is 6.07 Å². The molecular weight excluding hydrogens is 404 g/mol. The van der Waals surface area contributed by atoms with Crippen molar-refractivity contribution in [2.45, 2.75) is 11.1 Å². The van der Waals surface area contributed by atoms with Gasteiger partial charge < -0.3 is 0 Å². The smallest absolute Gasteiger partial charge is 0.299 e. The number of anilines is 1. The number of hydrogen-bond acceptors (Lipinski definition) is 4. The van der Waals surface area contributed by atoms with E-state index in [2.05, 4.69) is 9.71 Å². The molecule has 25 heavy (non-hydrogen) atoms. The van der Waals surface area contributed by atoms with Crippen molar-refractivity contribution in [3.63, 3.8) is 0 Å². The Morgan fingerprint density at radius 1 is 1.24 bits per heavy atom. The Bertz CT molecular complexity index is 849. The molecule has 0 fully saturated rings. The van der Waals surface area contributed by atoms with Crippen LogP contribution in [0.3, 0.4) is 0 Å². The van der Waals surface area contributed by atoms with E-state index in [-0.39, 0.29) is 21.3 Å². The van der Waals surface area contributed by atoms with Crippen LogP contribution in [0.1, 0.15) is 16.1 Å². The zero-order valence-electron chi connectivity index (χ0n) is 12.0. The van der Waals surface area contributed by atoms with Crippen molar-refractivity contribution in [3.05, 3.63) is 51.8 Å². The quantitative estimate of drug-likeness (QED) is 0.408. The second-order valence-corrected chi connectivity index (χ2v) is 6.59. The molecule has 0 bridgehead atoms. The van der Waals surface area contributed by atoms with Crippen LogP contribution in [0, 0.1) is 0 Å². The van der Waals surface area contributed by atoms with E-state index in [1.807, 2.05) is 5.43 Å². The van der Waals surface area contributed by atoms with Gasteiger partial charge in [0.05, 0.1) is 26.2 Å². The summed E-state index contributed by atoms with van der Waals surface area (Å²) in [5.74, 6) is 4.22. The number of nitrogens with one attached hydrogen (secondary N) is 2. The Morgan fingerprint density at radius 2 is 1.92 bits per heavy atom. The minimum atomic E-state index is -4.71. The van der Waals surface area contributed by atoms with Crippen molar-refractivity contribution in [1.82, 2.24) is 10.4 Å². The molecule has 0 aliphatic rings. The van der Waals surface area contributed by atoms with Crippen LogP contribution in [0.4, 0.5) is 18.9 Å². The van der Waals surface area contributed by atoms with Gasteiger partial charge in [0, 0.05) is 6.20 Å². The molecule has 0 saturated carbocycles. The molecule has 1 atom stereocenters. The maximum atomic E-state index is 12.9. The van der Waals surface area contributed by atoms with Crippen molar-refractivity contribution in [2.75, 3.05) is 4.72 Å². The second kappa shape index (κ2) is 7.56. The average molecular weight is 413 g/mol. The van der Waals surface area contributed by atoms with Gasteiger partial charge in [-0.15, -0.1) is 0 Å². The molecule has 1 amide bonds. The van der Waals surface area contributed by atoms with Crippen LogP contribution in [0.5, 0.6) is 0 Å². The second-order valence-electron chi connectivity index (χ2n) is 4.53. The van der Waals surface area contributed by atoms with Crippen molar-refractivity contribution < 1.29 is 22.2 Å². The maximum Gasteiger partial charge on any atom is 0.417 e. The number of nitrogens with two attached hydrogens (primary N) is 1. The first kappa shape index (κ1) is 19.4. The molecular formula is C13H9Cl2F3N4O2S. The molecule has 1 aromatic heterocycles. The maximum absolute atomic E-state index is 12.9. The number of hydrogen-bond donors (Lipinski definition) is 3. The molecule has 0 spiro atoms. The Morgan fingerprint density at radius 3 is 2.52 bits per heavy atom. The lowest BCUT2D eigenvalue weighted by atomic mass is 10.2. The number of amides is 1. The minimum absolute atomic E-state index is 0.0720. The number of aromatic nitrogens is 1. The molecule has 1 unspecified atom stereocenters. The number of nitrogens with zero attached hydrogens (tertiary/aromatic N) is 1. The highest BCUT2D eigenvalue weighted by Gasteiger charge is 2.33. The summed E-state index contributed by atoms with van der Waals surface area (Å²) in [4.78, 5) is 15.2. The van der Waals surface area contributed by atoms with Gasteiger partial charge in [0.2, 0.25) is 0 Å². The van der Waals surface area contributed by atoms with Crippen LogP contribution in [0.25, 0.3) is 0 Å². The Kier molecular flexibility index (Phi) is 5.88. The van der Waals surface area contributed by atoms with E-state index in [0.717, 1.165) is 18.3 Å². The van der Waals surface area contributed by atoms with Crippen LogP contribution in [0.2, 0.25) is 10.0 Å². The van der Waals surface area contributed by atoms with Crippen LogP contribution in [-0.2, 0) is 17.2 Å². The summed E-state index contributed by atoms with van der Waals surface area (Å²) in [6.07, 6.45) is -3.55. The molecule has 0 aliphatic carbocycles. The fourth-order valence-corrected chi connectivity index (χ4v) is 3.03. The summed E-state index contributed by atoms with van der Waals surface area (Å²) in [6.45, 7) is 0. The van der Waals surface area contributed by atoms with Crippen molar-refractivity contribution in [3.8, 4) is 0 Å². The summed E-state index contributed by atoms with van der Waals surface area (Å²) in [6, 6.07) is 4.01. The van der Waals surface area contributed by atoms with Gasteiger partial charge in [-0.3, -0.25) is 14.9 Å².